The highest BCUT2D eigenvalue weighted by atomic mass is 16.5. The lowest BCUT2D eigenvalue weighted by Gasteiger charge is -2.26. The van der Waals surface area contributed by atoms with Crippen molar-refractivity contribution in [1.82, 2.24) is 5.32 Å². The summed E-state index contributed by atoms with van der Waals surface area (Å²) in [5, 5.41) is 2.83. The van der Waals surface area contributed by atoms with E-state index >= 15 is 0 Å². The standard InChI is InChI=1S/C15H20N2O2/c18-15-16-10-11-17(15)13-8-4-5-9-14(13)19-12-6-2-1-3-7-12/h4-5,8-9,12H,1-3,6-7,10-11H2,(H,16,18). The minimum absolute atomic E-state index is 0.0281. The van der Waals surface area contributed by atoms with Gasteiger partial charge in [0.2, 0.25) is 0 Å². The van der Waals surface area contributed by atoms with Gasteiger partial charge in [-0.1, -0.05) is 18.6 Å². The quantitative estimate of drug-likeness (QED) is 0.908. The maximum atomic E-state index is 11.8. The number of para-hydroxylation sites is 2. The molecule has 0 bridgehead atoms. The van der Waals surface area contributed by atoms with Gasteiger partial charge >= 0.3 is 6.03 Å². The predicted molar refractivity (Wildman–Crippen MR) is 74.7 cm³/mol. The number of rotatable bonds is 3. The van der Waals surface area contributed by atoms with E-state index in [9.17, 15) is 4.79 Å². The molecule has 4 nitrogen and oxygen atoms in total. The number of anilines is 1. The highest BCUT2D eigenvalue weighted by molar-refractivity contribution is 5.95. The van der Waals surface area contributed by atoms with Crippen LogP contribution in [-0.4, -0.2) is 25.2 Å². The van der Waals surface area contributed by atoms with Crippen molar-refractivity contribution in [3.8, 4) is 5.75 Å². The van der Waals surface area contributed by atoms with Crippen LogP contribution in [0.5, 0.6) is 5.75 Å². The SMILES string of the molecule is O=C1NCCN1c1ccccc1OC1CCCCC1. The molecule has 0 unspecified atom stereocenters. The molecule has 0 radical (unpaired) electrons. The van der Waals surface area contributed by atoms with E-state index in [1.165, 1.54) is 19.3 Å². The fourth-order valence-corrected chi connectivity index (χ4v) is 2.84. The molecule has 1 aromatic carbocycles. The van der Waals surface area contributed by atoms with E-state index in [2.05, 4.69) is 5.32 Å². The van der Waals surface area contributed by atoms with Gasteiger partial charge in [-0.3, -0.25) is 4.90 Å². The van der Waals surface area contributed by atoms with Crippen molar-refractivity contribution in [2.24, 2.45) is 0 Å². The lowest BCUT2D eigenvalue weighted by Crippen LogP contribution is -2.29. The summed E-state index contributed by atoms with van der Waals surface area (Å²) >= 11 is 0. The second-order valence-electron chi connectivity index (χ2n) is 5.23. The average molecular weight is 260 g/mol. The molecular formula is C15H20N2O2. The fourth-order valence-electron chi connectivity index (χ4n) is 2.84. The molecule has 1 heterocycles. The number of benzene rings is 1. The molecule has 1 N–H and O–H groups in total. The number of hydrogen-bond donors (Lipinski definition) is 1. The third-order valence-electron chi connectivity index (χ3n) is 3.86. The molecule has 2 fully saturated rings. The molecule has 1 saturated heterocycles. The third kappa shape index (κ3) is 2.67. The van der Waals surface area contributed by atoms with E-state index in [0.29, 0.717) is 19.2 Å². The van der Waals surface area contributed by atoms with Crippen LogP contribution < -0.4 is 15.0 Å². The first-order valence-electron chi connectivity index (χ1n) is 7.15. The lowest BCUT2D eigenvalue weighted by molar-refractivity contribution is 0.155. The number of nitrogens with one attached hydrogen (secondary N) is 1. The van der Waals surface area contributed by atoms with Crippen LogP contribution in [0.4, 0.5) is 10.5 Å². The van der Waals surface area contributed by atoms with Gasteiger partial charge in [-0.15, -0.1) is 0 Å². The summed E-state index contributed by atoms with van der Waals surface area (Å²) in [5.41, 5.74) is 0.892. The maximum absolute atomic E-state index is 11.8. The molecule has 19 heavy (non-hydrogen) atoms. The second kappa shape index (κ2) is 5.51. The summed E-state index contributed by atoms with van der Waals surface area (Å²) in [4.78, 5) is 13.5. The van der Waals surface area contributed by atoms with E-state index in [4.69, 9.17) is 4.74 Å². The van der Waals surface area contributed by atoms with E-state index in [1.54, 1.807) is 4.90 Å². The Morgan fingerprint density at radius 3 is 2.68 bits per heavy atom. The molecule has 2 amide bonds. The summed E-state index contributed by atoms with van der Waals surface area (Å²) < 4.78 is 6.13. The largest absolute Gasteiger partial charge is 0.488 e. The Morgan fingerprint density at radius 2 is 1.95 bits per heavy atom. The molecule has 1 aromatic rings. The molecule has 1 saturated carbocycles. The zero-order valence-corrected chi connectivity index (χ0v) is 11.1. The van der Waals surface area contributed by atoms with Crippen LogP contribution in [0.2, 0.25) is 0 Å². The summed E-state index contributed by atoms with van der Waals surface area (Å²) in [5.74, 6) is 0.839. The fraction of sp³-hybridized carbons (Fsp3) is 0.533. The van der Waals surface area contributed by atoms with E-state index in [-0.39, 0.29) is 6.03 Å². The van der Waals surface area contributed by atoms with Crippen LogP contribution in [0.25, 0.3) is 0 Å². The van der Waals surface area contributed by atoms with Crippen molar-refractivity contribution >= 4 is 11.7 Å². The molecule has 0 spiro atoms. The van der Waals surface area contributed by atoms with Gasteiger partial charge in [0, 0.05) is 13.1 Å². The Bertz CT molecular complexity index is 455. The van der Waals surface area contributed by atoms with E-state index in [0.717, 1.165) is 24.3 Å². The van der Waals surface area contributed by atoms with Crippen molar-refractivity contribution in [3.05, 3.63) is 24.3 Å². The number of nitrogens with zero attached hydrogens (tertiary/aromatic N) is 1. The first-order valence-corrected chi connectivity index (χ1v) is 7.15. The smallest absolute Gasteiger partial charge is 0.322 e. The molecule has 102 valence electrons. The highest BCUT2D eigenvalue weighted by Gasteiger charge is 2.25. The summed E-state index contributed by atoms with van der Waals surface area (Å²) in [6, 6.07) is 7.82. The first kappa shape index (κ1) is 12.3. The summed E-state index contributed by atoms with van der Waals surface area (Å²) in [6.45, 7) is 1.42. The molecule has 0 aromatic heterocycles. The Hall–Kier alpha value is -1.71. The molecule has 3 rings (SSSR count). The van der Waals surface area contributed by atoms with Crippen LogP contribution in [0.3, 0.4) is 0 Å². The Kier molecular flexibility index (Phi) is 3.58. The summed E-state index contributed by atoms with van der Waals surface area (Å²) in [6.07, 6.45) is 6.37. The van der Waals surface area contributed by atoms with Crippen LogP contribution in [0, 0.1) is 0 Å². The molecular weight excluding hydrogens is 240 g/mol. The third-order valence-corrected chi connectivity index (χ3v) is 3.86. The number of amides is 2. The van der Waals surface area contributed by atoms with Gasteiger partial charge < -0.3 is 10.1 Å². The molecule has 4 heteroatoms. The molecule has 0 atom stereocenters. The van der Waals surface area contributed by atoms with E-state index in [1.807, 2.05) is 24.3 Å². The maximum Gasteiger partial charge on any atom is 0.322 e. The van der Waals surface area contributed by atoms with Crippen molar-refractivity contribution in [3.63, 3.8) is 0 Å². The normalized spacial score (nSPS) is 20.4. The van der Waals surface area contributed by atoms with Crippen LogP contribution in [-0.2, 0) is 0 Å². The monoisotopic (exact) mass is 260 g/mol. The Labute approximate surface area is 113 Å². The molecule has 1 aliphatic carbocycles. The van der Waals surface area contributed by atoms with Crippen molar-refractivity contribution in [2.75, 3.05) is 18.0 Å². The van der Waals surface area contributed by atoms with Gasteiger partial charge in [-0.2, -0.15) is 0 Å². The van der Waals surface area contributed by atoms with Crippen LogP contribution in [0.1, 0.15) is 32.1 Å². The van der Waals surface area contributed by atoms with Crippen molar-refractivity contribution in [1.29, 1.82) is 0 Å². The van der Waals surface area contributed by atoms with Gasteiger partial charge in [0.1, 0.15) is 5.75 Å². The lowest BCUT2D eigenvalue weighted by atomic mass is 9.98. The number of carbonyl (C=O) groups excluding carboxylic acids is 1. The average Bonchev–Trinajstić information content (AvgIpc) is 2.87. The Morgan fingerprint density at radius 1 is 1.16 bits per heavy atom. The molecule has 1 aliphatic heterocycles. The number of ether oxygens (including phenoxy) is 1. The Balaban J connectivity index is 1.78. The topological polar surface area (TPSA) is 41.6 Å². The van der Waals surface area contributed by atoms with Gasteiger partial charge in [-0.25, -0.2) is 4.79 Å². The van der Waals surface area contributed by atoms with Crippen molar-refractivity contribution in [2.45, 2.75) is 38.2 Å². The minimum atomic E-state index is -0.0281. The van der Waals surface area contributed by atoms with Crippen LogP contribution in [0.15, 0.2) is 24.3 Å². The number of urea groups is 1. The number of carbonyl (C=O) groups is 1. The van der Waals surface area contributed by atoms with Gasteiger partial charge in [0.15, 0.2) is 0 Å². The first-order chi connectivity index (χ1) is 9.34. The second-order valence-corrected chi connectivity index (χ2v) is 5.23. The van der Waals surface area contributed by atoms with Gasteiger partial charge in [-0.05, 0) is 37.8 Å². The number of hydrogen-bond acceptors (Lipinski definition) is 2. The zero-order valence-electron chi connectivity index (χ0n) is 11.1. The molecule has 2 aliphatic rings. The van der Waals surface area contributed by atoms with Gasteiger partial charge in [0.05, 0.1) is 11.8 Å². The van der Waals surface area contributed by atoms with Gasteiger partial charge in [0.25, 0.3) is 0 Å². The van der Waals surface area contributed by atoms with Crippen molar-refractivity contribution < 1.29 is 9.53 Å². The highest BCUT2D eigenvalue weighted by Crippen LogP contribution is 2.32. The summed E-state index contributed by atoms with van der Waals surface area (Å²) in [7, 11) is 0. The zero-order chi connectivity index (χ0) is 13.1. The predicted octanol–water partition coefficient (Wildman–Crippen LogP) is 2.93. The van der Waals surface area contributed by atoms with Crippen LogP contribution >= 0.6 is 0 Å². The minimum Gasteiger partial charge on any atom is -0.488 e. The van der Waals surface area contributed by atoms with E-state index < -0.39 is 0 Å².